The fourth-order valence-electron chi connectivity index (χ4n) is 7.13. The number of amides is 1. The molecule has 1 amide bonds. The van der Waals surface area contributed by atoms with Crippen LogP contribution in [0.2, 0.25) is 0 Å². The maximum Gasteiger partial charge on any atom is 0.254 e. The molecule has 8 nitrogen and oxygen atoms in total. The van der Waals surface area contributed by atoms with E-state index >= 15 is 0 Å². The smallest absolute Gasteiger partial charge is 0.254 e. The lowest BCUT2D eigenvalue weighted by molar-refractivity contribution is -0.0439. The van der Waals surface area contributed by atoms with Crippen LogP contribution in [0.15, 0.2) is 65.4 Å². The monoisotopic (exact) mass is 602 g/mol. The summed E-state index contributed by atoms with van der Waals surface area (Å²) >= 11 is 0. The van der Waals surface area contributed by atoms with Crippen molar-refractivity contribution >= 4 is 12.1 Å². The predicted molar refractivity (Wildman–Crippen MR) is 177 cm³/mol. The third-order valence-corrected chi connectivity index (χ3v) is 9.19. The van der Waals surface area contributed by atoms with Crippen LogP contribution >= 0.6 is 0 Å². The number of carbonyl (C=O) groups is 1. The molecule has 0 aromatic heterocycles. The molecule has 0 aliphatic carbocycles. The Morgan fingerprint density at radius 3 is 2.64 bits per heavy atom. The van der Waals surface area contributed by atoms with Crippen LogP contribution in [0.5, 0.6) is 17.2 Å². The number of rotatable bonds is 12. The number of ether oxygens (including phenoxy) is 3. The fourth-order valence-corrected chi connectivity index (χ4v) is 7.13. The molecule has 4 heterocycles. The molecule has 5 rings (SSSR count). The van der Waals surface area contributed by atoms with Gasteiger partial charge in [-0.05, 0) is 88.1 Å². The molecule has 4 aliphatic heterocycles. The van der Waals surface area contributed by atoms with E-state index in [0.29, 0.717) is 65.6 Å². The number of carbonyl (C=O) groups excluding carboxylic acids is 1. The molecule has 3 atom stereocenters. The lowest BCUT2D eigenvalue weighted by atomic mass is 9.92. The minimum Gasteiger partial charge on any atom is -0.493 e. The number of hydrogen-bond acceptors (Lipinski definition) is 7. The maximum absolute atomic E-state index is 14.3. The molecule has 2 unspecified atom stereocenters. The summed E-state index contributed by atoms with van der Waals surface area (Å²) < 4.78 is 17.6. The molecule has 44 heavy (non-hydrogen) atoms. The van der Waals surface area contributed by atoms with Gasteiger partial charge in [-0.15, -0.1) is 0 Å². The van der Waals surface area contributed by atoms with Gasteiger partial charge in [-0.3, -0.25) is 14.7 Å². The summed E-state index contributed by atoms with van der Waals surface area (Å²) in [6, 6.07) is 5.16. The molecular formula is C36H50N4O4. The Morgan fingerprint density at radius 1 is 1.20 bits per heavy atom. The summed E-state index contributed by atoms with van der Waals surface area (Å²) in [5, 5.41) is 3.78. The van der Waals surface area contributed by atoms with Crippen LogP contribution in [0.1, 0.15) is 76.6 Å². The number of nitrogens with zero attached hydrogens (tertiary/aromatic N) is 3. The topological polar surface area (TPSA) is 75.6 Å². The van der Waals surface area contributed by atoms with E-state index in [1.54, 1.807) is 25.5 Å². The summed E-state index contributed by atoms with van der Waals surface area (Å²) in [5.41, 5.74) is 2.94. The van der Waals surface area contributed by atoms with Gasteiger partial charge in [-0.1, -0.05) is 31.4 Å². The van der Waals surface area contributed by atoms with Gasteiger partial charge in [0.1, 0.15) is 0 Å². The standard InChI is InChI=1S/C36H50N4O4/c1-8-9-11-27(24(2)3)20-37-25(4)21-40(35(41)28-18-32(42-7)34-33(19-28)43-36(5,6)44-34)23-31-12-10-15-39(31)22-26-16-29-13-14-30(17-26)38-29/h8-9,11,18-20,26,29-31,38H,2,4,10,12-17,21-23H2,1,3,5-7H3/b9-8-,27-11-,37-20?/t26?,29?,30?,31-/m0/s1. The van der Waals surface area contributed by atoms with Crippen molar-refractivity contribution in [3.05, 3.63) is 65.9 Å². The Bertz CT molecular complexity index is 1330. The van der Waals surface area contributed by atoms with Gasteiger partial charge >= 0.3 is 0 Å². The SMILES string of the molecule is C=C(CN(C[C@@H]1CCCN1CC1CC2CCC(C1)N2)C(=O)c1cc(OC)c2c(c1)OC(C)(C)O2)N=C/C(=C/C=C\C)C(=C)C. The average molecular weight is 603 g/mol. The first-order valence-electron chi connectivity index (χ1n) is 16.1. The highest BCUT2D eigenvalue weighted by atomic mass is 16.7. The molecule has 0 saturated carbocycles. The first kappa shape index (κ1) is 32.0. The molecule has 4 aliphatic rings. The van der Waals surface area contributed by atoms with Gasteiger partial charge < -0.3 is 24.4 Å². The average Bonchev–Trinajstić information content (AvgIpc) is 3.66. The van der Waals surface area contributed by atoms with Crippen molar-refractivity contribution in [3.63, 3.8) is 0 Å². The number of methoxy groups -OCH3 is 1. The Hall–Kier alpha value is -3.36. The fraction of sp³-hybridized carbons (Fsp3) is 0.556. The molecule has 2 bridgehead atoms. The zero-order chi connectivity index (χ0) is 31.4. The molecule has 238 valence electrons. The number of benzene rings is 1. The van der Waals surface area contributed by atoms with Crippen molar-refractivity contribution < 1.29 is 19.0 Å². The van der Waals surface area contributed by atoms with Gasteiger partial charge in [-0.2, -0.15) is 0 Å². The van der Waals surface area contributed by atoms with Crippen molar-refractivity contribution in [1.82, 2.24) is 15.1 Å². The molecule has 1 N–H and O–H groups in total. The third-order valence-electron chi connectivity index (χ3n) is 9.19. The molecule has 1 aromatic carbocycles. The summed E-state index contributed by atoms with van der Waals surface area (Å²) in [7, 11) is 1.58. The zero-order valence-corrected chi connectivity index (χ0v) is 27.2. The number of likely N-dealkylation sites (tertiary alicyclic amines) is 1. The zero-order valence-electron chi connectivity index (χ0n) is 27.2. The Morgan fingerprint density at radius 2 is 1.95 bits per heavy atom. The minimum atomic E-state index is -0.833. The quantitative estimate of drug-likeness (QED) is 0.224. The van der Waals surface area contributed by atoms with Gasteiger partial charge in [0, 0.05) is 56.8 Å². The van der Waals surface area contributed by atoms with Gasteiger partial charge in [0.25, 0.3) is 5.91 Å². The number of nitrogens with one attached hydrogen (secondary N) is 1. The van der Waals surface area contributed by atoms with Crippen molar-refractivity contribution in [1.29, 1.82) is 0 Å². The first-order valence-corrected chi connectivity index (χ1v) is 16.1. The number of piperidine rings is 1. The number of aliphatic imine (C=N–C) groups is 1. The number of fused-ring (bicyclic) bond motifs is 3. The summed E-state index contributed by atoms with van der Waals surface area (Å²) in [4.78, 5) is 23.5. The summed E-state index contributed by atoms with van der Waals surface area (Å²) in [6.07, 6.45) is 15.0. The first-order chi connectivity index (χ1) is 21.0. The minimum absolute atomic E-state index is 0.105. The van der Waals surface area contributed by atoms with E-state index in [2.05, 4.69) is 28.4 Å². The van der Waals surface area contributed by atoms with Crippen molar-refractivity contribution in [3.8, 4) is 17.2 Å². The highest BCUT2D eigenvalue weighted by molar-refractivity contribution is 5.96. The molecule has 8 heteroatoms. The third kappa shape index (κ3) is 7.64. The van der Waals surface area contributed by atoms with Gasteiger partial charge in [0.2, 0.25) is 11.5 Å². The van der Waals surface area contributed by atoms with E-state index in [9.17, 15) is 4.79 Å². The molecule has 1 aromatic rings. The lowest BCUT2D eigenvalue weighted by Gasteiger charge is -2.36. The molecule has 0 spiro atoms. The second-order valence-electron chi connectivity index (χ2n) is 13.3. The van der Waals surface area contributed by atoms with Crippen LogP contribution < -0.4 is 19.5 Å². The lowest BCUT2D eigenvalue weighted by Crippen LogP contribution is -2.47. The van der Waals surface area contributed by atoms with Crippen LogP contribution in [0, 0.1) is 5.92 Å². The van der Waals surface area contributed by atoms with Crippen LogP contribution in [0.4, 0.5) is 0 Å². The van der Waals surface area contributed by atoms with Gasteiger partial charge in [0.15, 0.2) is 11.5 Å². The summed E-state index contributed by atoms with van der Waals surface area (Å²) in [6.45, 7) is 19.0. The highest BCUT2D eigenvalue weighted by Gasteiger charge is 2.38. The Kier molecular flexibility index (Phi) is 10.0. The molecule has 3 fully saturated rings. The van der Waals surface area contributed by atoms with Crippen LogP contribution in [0.25, 0.3) is 0 Å². The van der Waals surface area contributed by atoms with E-state index in [0.717, 1.165) is 37.1 Å². The molecular weight excluding hydrogens is 552 g/mol. The second-order valence-corrected chi connectivity index (χ2v) is 13.3. The normalized spacial score (nSPS) is 26.1. The van der Waals surface area contributed by atoms with E-state index in [-0.39, 0.29) is 5.91 Å². The van der Waals surface area contributed by atoms with Crippen LogP contribution in [0.3, 0.4) is 0 Å². The van der Waals surface area contributed by atoms with E-state index in [1.807, 2.05) is 50.8 Å². The Balaban J connectivity index is 1.37. The van der Waals surface area contributed by atoms with Crippen molar-refractivity contribution in [2.45, 2.75) is 90.1 Å². The van der Waals surface area contributed by atoms with Crippen LogP contribution in [-0.4, -0.2) is 79.1 Å². The van der Waals surface area contributed by atoms with Gasteiger partial charge in [0.05, 0.1) is 19.4 Å². The molecule has 3 saturated heterocycles. The second kappa shape index (κ2) is 13.7. The van der Waals surface area contributed by atoms with Gasteiger partial charge in [-0.25, -0.2) is 0 Å². The van der Waals surface area contributed by atoms with Crippen molar-refractivity contribution in [2.75, 3.05) is 33.3 Å². The maximum atomic E-state index is 14.3. The highest BCUT2D eigenvalue weighted by Crippen LogP contribution is 2.47. The summed E-state index contributed by atoms with van der Waals surface area (Å²) in [5.74, 6) is 1.29. The van der Waals surface area contributed by atoms with E-state index in [1.165, 1.54) is 25.7 Å². The predicted octanol–water partition coefficient (Wildman–Crippen LogP) is 6.30. The number of hydrogen-bond donors (Lipinski definition) is 1. The Labute approximate surface area is 263 Å². The largest absolute Gasteiger partial charge is 0.493 e. The number of allylic oxidation sites excluding steroid dienone is 5. The van der Waals surface area contributed by atoms with E-state index < -0.39 is 5.79 Å². The van der Waals surface area contributed by atoms with Crippen LogP contribution in [-0.2, 0) is 0 Å². The van der Waals surface area contributed by atoms with Crippen molar-refractivity contribution in [2.24, 2.45) is 10.9 Å². The molecule has 0 radical (unpaired) electrons. The van der Waals surface area contributed by atoms with E-state index in [4.69, 9.17) is 14.2 Å².